The van der Waals surface area contributed by atoms with Crippen molar-refractivity contribution in [2.75, 3.05) is 0 Å². The van der Waals surface area contributed by atoms with Gasteiger partial charge in [-0.25, -0.2) is 13.2 Å². The zero-order valence-electron chi connectivity index (χ0n) is 15.7. The van der Waals surface area contributed by atoms with E-state index >= 15 is 0 Å². The molecule has 0 aliphatic heterocycles. The van der Waals surface area contributed by atoms with Gasteiger partial charge in [0.2, 0.25) is 0 Å². The lowest BCUT2D eigenvalue weighted by atomic mass is 9.95. The molecule has 0 heterocycles. The summed E-state index contributed by atoms with van der Waals surface area (Å²) in [6.45, 7) is 3.91. The van der Waals surface area contributed by atoms with Crippen LogP contribution in [0.4, 0.5) is 13.2 Å². The molecule has 0 fully saturated rings. The summed E-state index contributed by atoms with van der Waals surface area (Å²) in [6.07, 6.45) is 3.72. The summed E-state index contributed by atoms with van der Waals surface area (Å²) in [5.41, 5.74) is 4.71. The molecule has 0 saturated carbocycles. The van der Waals surface area contributed by atoms with E-state index in [9.17, 15) is 13.2 Å². The number of rotatable bonds is 6. The Morgan fingerprint density at radius 2 is 1.26 bits per heavy atom. The van der Waals surface area contributed by atoms with Gasteiger partial charge < -0.3 is 0 Å². The maximum absolute atomic E-state index is 14.1. The predicted octanol–water partition coefficient (Wildman–Crippen LogP) is 7.34. The van der Waals surface area contributed by atoms with Gasteiger partial charge in [0.15, 0.2) is 17.5 Å². The van der Waals surface area contributed by atoms with Crippen LogP contribution < -0.4 is 0 Å². The van der Waals surface area contributed by atoms with E-state index in [4.69, 9.17) is 0 Å². The van der Waals surface area contributed by atoms with Crippen molar-refractivity contribution in [1.82, 2.24) is 0 Å². The molecule has 3 aromatic rings. The fourth-order valence-corrected chi connectivity index (χ4v) is 3.32. The Hall–Kier alpha value is -2.55. The Morgan fingerprint density at radius 1 is 0.704 bits per heavy atom. The number of hydrogen-bond acceptors (Lipinski definition) is 0. The highest BCUT2D eigenvalue weighted by Crippen LogP contribution is 2.31. The van der Waals surface area contributed by atoms with E-state index in [1.807, 2.05) is 24.3 Å². The van der Waals surface area contributed by atoms with Crippen LogP contribution in [0, 0.1) is 17.5 Å². The first-order chi connectivity index (χ1) is 13.0. The molecule has 0 aromatic heterocycles. The van der Waals surface area contributed by atoms with E-state index in [1.54, 1.807) is 6.92 Å². The molecule has 0 spiro atoms. The molecule has 0 atom stereocenters. The van der Waals surface area contributed by atoms with E-state index in [0.29, 0.717) is 17.5 Å². The Kier molecular flexibility index (Phi) is 6.00. The van der Waals surface area contributed by atoms with E-state index < -0.39 is 17.5 Å². The molecule has 140 valence electrons. The van der Waals surface area contributed by atoms with Gasteiger partial charge in [0.1, 0.15) is 0 Å². The van der Waals surface area contributed by atoms with Gasteiger partial charge in [0, 0.05) is 0 Å². The molecule has 0 bridgehead atoms. The zero-order valence-corrected chi connectivity index (χ0v) is 15.7. The second-order valence-corrected chi connectivity index (χ2v) is 6.74. The average Bonchev–Trinajstić information content (AvgIpc) is 2.71. The third-order valence-electron chi connectivity index (χ3n) is 4.92. The van der Waals surface area contributed by atoms with Crippen molar-refractivity contribution in [2.45, 2.75) is 39.5 Å². The molecular formula is C24H23F3. The topological polar surface area (TPSA) is 0 Å². The van der Waals surface area contributed by atoms with Gasteiger partial charge in [0.25, 0.3) is 0 Å². The minimum atomic E-state index is -1.41. The molecule has 3 heteroatoms. The molecule has 3 rings (SSSR count). The molecule has 0 aliphatic rings. The highest BCUT2D eigenvalue weighted by Gasteiger charge is 2.18. The SMILES string of the molecule is CCCCc1ccc(-c2ccc(-c3cc(F)c(F)c(F)c3CC)cc2)cc1. The van der Waals surface area contributed by atoms with E-state index in [2.05, 4.69) is 31.2 Å². The first-order valence-corrected chi connectivity index (χ1v) is 9.41. The summed E-state index contributed by atoms with van der Waals surface area (Å²) in [6, 6.07) is 17.0. The summed E-state index contributed by atoms with van der Waals surface area (Å²) in [5.74, 6) is -3.67. The van der Waals surface area contributed by atoms with Crippen LogP contribution in [-0.2, 0) is 12.8 Å². The third-order valence-corrected chi connectivity index (χ3v) is 4.92. The first-order valence-electron chi connectivity index (χ1n) is 9.41. The van der Waals surface area contributed by atoms with Crippen LogP contribution in [0.25, 0.3) is 22.3 Å². The molecule has 0 aliphatic carbocycles. The summed E-state index contributed by atoms with van der Waals surface area (Å²) in [7, 11) is 0. The zero-order chi connectivity index (χ0) is 19.4. The average molecular weight is 368 g/mol. The molecule has 0 nitrogen and oxygen atoms in total. The van der Waals surface area contributed by atoms with Gasteiger partial charge in [0.05, 0.1) is 0 Å². The smallest absolute Gasteiger partial charge is 0.194 e. The lowest BCUT2D eigenvalue weighted by molar-refractivity contribution is 0.442. The molecule has 0 unspecified atom stereocenters. The largest absolute Gasteiger partial charge is 0.204 e. The van der Waals surface area contributed by atoms with Crippen LogP contribution in [0.3, 0.4) is 0 Å². The van der Waals surface area contributed by atoms with E-state index in [1.165, 1.54) is 18.4 Å². The lowest BCUT2D eigenvalue weighted by Crippen LogP contribution is -2.00. The molecule has 0 saturated heterocycles. The highest BCUT2D eigenvalue weighted by molar-refractivity contribution is 5.72. The van der Waals surface area contributed by atoms with Crippen LogP contribution in [0.5, 0.6) is 0 Å². The minimum absolute atomic E-state index is 0.196. The molecule has 0 N–H and O–H groups in total. The molecule has 27 heavy (non-hydrogen) atoms. The van der Waals surface area contributed by atoms with Crippen molar-refractivity contribution in [3.63, 3.8) is 0 Å². The predicted molar refractivity (Wildman–Crippen MR) is 105 cm³/mol. The Balaban J connectivity index is 1.90. The molecule has 3 aromatic carbocycles. The second-order valence-electron chi connectivity index (χ2n) is 6.74. The fraction of sp³-hybridized carbons (Fsp3) is 0.250. The van der Waals surface area contributed by atoms with Crippen molar-refractivity contribution >= 4 is 0 Å². The summed E-state index contributed by atoms with van der Waals surface area (Å²) >= 11 is 0. The summed E-state index contributed by atoms with van der Waals surface area (Å²) < 4.78 is 41.3. The third kappa shape index (κ3) is 4.08. The van der Waals surface area contributed by atoms with E-state index in [-0.39, 0.29) is 5.56 Å². The van der Waals surface area contributed by atoms with Crippen LogP contribution in [0.1, 0.15) is 37.8 Å². The number of unbranched alkanes of at least 4 members (excludes halogenated alkanes) is 1. The van der Waals surface area contributed by atoms with Crippen LogP contribution in [0.15, 0.2) is 54.6 Å². The van der Waals surface area contributed by atoms with Crippen molar-refractivity contribution in [3.05, 3.63) is 83.2 Å². The second kappa shape index (κ2) is 8.43. The van der Waals surface area contributed by atoms with Crippen LogP contribution in [0.2, 0.25) is 0 Å². The van der Waals surface area contributed by atoms with Gasteiger partial charge in [-0.05, 0) is 58.7 Å². The van der Waals surface area contributed by atoms with Crippen molar-refractivity contribution in [3.8, 4) is 22.3 Å². The van der Waals surface area contributed by atoms with Gasteiger partial charge >= 0.3 is 0 Å². The number of benzene rings is 3. The quantitative estimate of drug-likeness (QED) is 0.399. The standard InChI is InChI=1S/C24H23F3/c1-3-5-6-16-7-9-17(10-8-16)18-11-13-19(14-12-18)21-15-22(25)24(27)23(26)20(21)4-2/h7-15H,3-6H2,1-2H3. The van der Waals surface area contributed by atoms with Gasteiger partial charge in [-0.15, -0.1) is 0 Å². The Labute approximate surface area is 158 Å². The molecule has 0 radical (unpaired) electrons. The highest BCUT2D eigenvalue weighted by atomic mass is 19.2. The molecular weight excluding hydrogens is 345 g/mol. The Bertz CT molecular complexity index is 910. The number of hydrogen-bond donors (Lipinski definition) is 0. The van der Waals surface area contributed by atoms with E-state index in [0.717, 1.165) is 23.6 Å². The number of halogens is 3. The summed E-state index contributed by atoms with van der Waals surface area (Å²) in [5, 5.41) is 0. The molecule has 0 amide bonds. The van der Waals surface area contributed by atoms with Crippen LogP contribution >= 0.6 is 0 Å². The van der Waals surface area contributed by atoms with Gasteiger partial charge in [-0.3, -0.25) is 0 Å². The normalized spacial score (nSPS) is 11.0. The minimum Gasteiger partial charge on any atom is -0.204 e. The monoisotopic (exact) mass is 368 g/mol. The maximum atomic E-state index is 14.1. The number of aryl methyl sites for hydroxylation is 1. The van der Waals surface area contributed by atoms with Gasteiger partial charge in [-0.2, -0.15) is 0 Å². The lowest BCUT2D eigenvalue weighted by Gasteiger charge is -2.12. The van der Waals surface area contributed by atoms with Crippen molar-refractivity contribution in [1.29, 1.82) is 0 Å². The van der Waals surface area contributed by atoms with Crippen LogP contribution in [-0.4, -0.2) is 0 Å². The first kappa shape index (κ1) is 19.2. The summed E-state index contributed by atoms with van der Waals surface area (Å²) in [4.78, 5) is 0. The maximum Gasteiger partial charge on any atom is 0.194 e. The fourth-order valence-electron chi connectivity index (χ4n) is 3.32. The van der Waals surface area contributed by atoms with Gasteiger partial charge in [-0.1, -0.05) is 68.8 Å². The van der Waals surface area contributed by atoms with Crippen molar-refractivity contribution < 1.29 is 13.2 Å². The van der Waals surface area contributed by atoms with Crippen molar-refractivity contribution in [2.24, 2.45) is 0 Å². The Morgan fingerprint density at radius 3 is 1.81 bits per heavy atom.